The Morgan fingerprint density at radius 3 is 2.88 bits per heavy atom. The Hall–Kier alpha value is -2.31. The van der Waals surface area contributed by atoms with E-state index >= 15 is 0 Å². The topological polar surface area (TPSA) is 61.9 Å². The Balaban J connectivity index is 1.35. The Bertz CT molecular complexity index is 791. The molecule has 1 aliphatic carbocycles. The van der Waals surface area contributed by atoms with Gasteiger partial charge in [0.05, 0.1) is 11.4 Å². The second-order valence-electron chi connectivity index (χ2n) is 7.05. The van der Waals surface area contributed by atoms with Gasteiger partial charge < -0.3 is 4.90 Å². The number of fused-ring (bicyclic) bond motifs is 1. The minimum atomic E-state index is -0.823. The van der Waals surface area contributed by atoms with Crippen LogP contribution in [0.2, 0.25) is 0 Å². The van der Waals surface area contributed by atoms with Crippen molar-refractivity contribution >= 4 is 5.91 Å². The van der Waals surface area contributed by atoms with Crippen molar-refractivity contribution in [3.8, 4) is 0 Å². The number of halogens is 2. The van der Waals surface area contributed by atoms with Crippen molar-refractivity contribution in [1.82, 2.24) is 20.3 Å². The fraction of sp³-hybridized carbons (Fsp3) is 0.500. The highest BCUT2D eigenvalue weighted by molar-refractivity contribution is 5.79. The van der Waals surface area contributed by atoms with Crippen LogP contribution < -0.4 is 0 Å². The predicted molar refractivity (Wildman–Crippen MR) is 86.6 cm³/mol. The summed E-state index contributed by atoms with van der Waals surface area (Å²) >= 11 is 0. The minimum Gasteiger partial charge on any atom is -0.342 e. The molecule has 2 aliphatic rings. The summed E-state index contributed by atoms with van der Waals surface area (Å²) in [5.74, 6) is -1.19. The van der Waals surface area contributed by atoms with Crippen molar-refractivity contribution in [3.05, 3.63) is 46.8 Å². The lowest BCUT2D eigenvalue weighted by Crippen LogP contribution is -2.37. The lowest BCUT2D eigenvalue weighted by Gasteiger charge is -2.25. The molecule has 1 aliphatic heterocycles. The zero-order valence-corrected chi connectivity index (χ0v) is 13.8. The SMILES string of the molecule is O=C([C@@H]1CCc2n[nH]nc2C1)N1CC[C@H](Cc2ccc(F)c(F)c2)C1. The Labute approximate surface area is 144 Å². The molecule has 0 bridgehead atoms. The number of benzene rings is 1. The number of H-pyrrole nitrogens is 1. The number of rotatable bonds is 3. The Morgan fingerprint density at radius 1 is 1.20 bits per heavy atom. The van der Waals surface area contributed by atoms with Gasteiger partial charge >= 0.3 is 0 Å². The molecule has 4 rings (SSSR count). The van der Waals surface area contributed by atoms with E-state index in [1.165, 1.54) is 12.1 Å². The zero-order valence-electron chi connectivity index (χ0n) is 13.8. The summed E-state index contributed by atoms with van der Waals surface area (Å²) in [6.45, 7) is 1.41. The molecule has 132 valence electrons. The molecule has 1 amide bonds. The van der Waals surface area contributed by atoms with Crippen molar-refractivity contribution in [3.63, 3.8) is 0 Å². The quantitative estimate of drug-likeness (QED) is 0.927. The second-order valence-corrected chi connectivity index (χ2v) is 7.05. The summed E-state index contributed by atoms with van der Waals surface area (Å²) in [5.41, 5.74) is 2.66. The smallest absolute Gasteiger partial charge is 0.226 e. The summed E-state index contributed by atoms with van der Waals surface area (Å²) < 4.78 is 26.4. The van der Waals surface area contributed by atoms with Crippen LogP contribution in [0.1, 0.15) is 29.8 Å². The molecule has 1 saturated heterocycles. The molecule has 25 heavy (non-hydrogen) atoms. The van der Waals surface area contributed by atoms with Crippen molar-refractivity contribution in [1.29, 1.82) is 0 Å². The van der Waals surface area contributed by atoms with Gasteiger partial charge in [-0.05, 0) is 49.3 Å². The Morgan fingerprint density at radius 2 is 2.04 bits per heavy atom. The molecule has 0 unspecified atom stereocenters. The third kappa shape index (κ3) is 3.27. The number of nitrogens with one attached hydrogen (secondary N) is 1. The first-order valence-electron chi connectivity index (χ1n) is 8.71. The van der Waals surface area contributed by atoms with Crippen LogP contribution >= 0.6 is 0 Å². The first-order valence-corrected chi connectivity index (χ1v) is 8.71. The summed E-state index contributed by atoms with van der Waals surface area (Å²) in [4.78, 5) is 14.7. The first kappa shape index (κ1) is 16.2. The van der Waals surface area contributed by atoms with Crippen LogP contribution in [0.15, 0.2) is 18.2 Å². The molecule has 1 N–H and O–H groups in total. The summed E-state index contributed by atoms with van der Waals surface area (Å²) in [5, 5.41) is 10.9. The maximum Gasteiger partial charge on any atom is 0.226 e. The fourth-order valence-electron chi connectivity index (χ4n) is 3.95. The standard InChI is InChI=1S/C18H20F2N4O/c19-14-3-1-11(8-15(14)20)7-12-5-6-24(10-12)18(25)13-2-4-16-17(9-13)22-23-21-16/h1,3,8,12-13H,2,4-7,9-10H2,(H,21,22,23)/t12-,13-/m1/s1. The van der Waals surface area contributed by atoms with Crippen LogP contribution in [0.25, 0.3) is 0 Å². The highest BCUT2D eigenvalue weighted by Crippen LogP contribution is 2.28. The molecule has 2 aromatic rings. The van der Waals surface area contributed by atoms with Crippen LogP contribution in [0.3, 0.4) is 0 Å². The summed E-state index contributed by atoms with van der Waals surface area (Å²) in [6, 6.07) is 4.04. The molecule has 5 nitrogen and oxygen atoms in total. The van der Waals surface area contributed by atoms with E-state index in [-0.39, 0.29) is 11.8 Å². The highest BCUT2D eigenvalue weighted by Gasteiger charge is 2.34. The van der Waals surface area contributed by atoms with Crippen LogP contribution in [-0.4, -0.2) is 39.3 Å². The van der Waals surface area contributed by atoms with Gasteiger partial charge in [0, 0.05) is 25.4 Å². The van der Waals surface area contributed by atoms with E-state index in [0.29, 0.717) is 25.3 Å². The Kier molecular flexibility index (Phi) is 4.23. The zero-order chi connectivity index (χ0) is 17.4. The number of hydrogen-bond donors (Lipinski definition) is 1. The fourth-order valence-corrected chi connectivity index (χ4v) is 3.95. The molecular weight excluding hydrogens is 326 g/mol. The predicted octanol–water partition coefficient (Wildman–Crippen LogP) is 2.28. The van der Waals surface area contributed by atoms with Crippen LogP contribution in [0.4, 0.5) is 8.78 Å². The number of nitrogens with zero attached hydrogens (tertiary/aromatic N) is 3. The number of aromatic amines is 1. The minimum absolute atomic E-state index is 0.0281. The molecule has 0 saturated carbocycles. The lowest BCUT2D eigenvalue weighted by molar-refractivity contribution is -0.135. The van der Waals surface area contributed by atoms with E-state index < -0.39 is 11.6 Å². The average Bonchev–Trinajstić information content (AvgIpc) is 3.26. The first-order chi connectivity index (χ1) is 12.1. The van der Waals surface area contributed by atoms with Gasteiger partial charge in [-0.3, -0.25) is 4.79 Å². The van der Waals surface area contributed by atoms with E-state index in [9.17, 15) is 13.6 Å². The van der Waals surface area contributed by atoms with E-state index in [1.54, 1.807) is 6.07 Å². The van der Waals surface area contributed by atoms with Crippen LogP contribution in [-0.2, 0) is 24.1 Å². The van der Waals surface area contributed by atoms with Gasteiger partial charge in [-0.1, -0.05) is 6.07 Å². The number of likely N-dealkylation sites (tertiary alicyclic amines) is 1. The van der Waals surface area contributed by atoms with Gasteiger partial charge in [-0.25, -0.2) is 8.78 Å². The number of carbonyl (C=O) groups is 1. The number of aryl methyl sites for hydroxylation is 1. The van der Waals surface area contributed by atoms with Crippen LogP contribution in [0.5, 0.6) is 0 Å². The molecule has 0 spiro atoms. The van der Waals surface area contributed by atoms with Crippen molar-refractivity contribution < 1.29 is 13.6 Å². The van der Waals surface area contributed by atoms with Crippen LogP contribution in [0, 0.1) is 23.5 Å². The molecule has 7 heteroatoms. The molecule has 1 aromatic heterocycles. The van der Waals surface area contributed by atoms with E-state index in [4.69, 9.17) is 0 Å². The lowest BCUT2D eigenvalue weighted by atomic mass is 9.89. The molecule has 0 radical (unpaired) electrons. The van der Waals surface area contributed by atoms with Crippen molar-refractivity contribution in [2.45, 2.75) is 32.1 Å². The molecule has 1 aromatic carbocycles. The maximum atomic E-state index is 13.3. The molecule has 1 fully saturated rings. The van der Waals surface area contributed by atoms with E-state index in [1.807, 2.05) is 4.90 Å². The van der Waals surface area contributed by atoms with E-state index in [2.05, 4.69) is 15.4 Å². The van der Waals surface area contributed by atoms with Gasteiger partial charge in [0.1, 0.15) is 0 Å². The largest absolute Gasteiger partial charge is 0.342 e. The van der Waals surface area contributed by atoms with Gasteiger partial charge in [0.25, 0.3) is 0 Å². The van der Waals surface area contributed by atoms with Gasteiger partial charge in [0.15, 0.2) is 11.6 Å². The molecular formula is C18H20F2N4O. The third-order valence-electron chi connectivity index (χ3n) is 5.33. The summed E-state index contributed by atoms with van der Waals surface area (Å²) in [6.07, 6.45) is 3.80. The van der Waals surface area contributed by atoms with Gasteiger partial charge in [-0.15, -0.1) is 0 Å². The van der Waals surface area contributed by atoms with Gasteiger partial charge in [-0.2, -0.15) is 15.4 Å². The number of aromatic nitrogens is 3. The number of amides is 1. The van der Waals surface area contributed by atoms with Gasteiger partial charge in [0.2, 0.25) is 5.91 Å². The average molecular weight is 346 g/mol. The number of hydrogen-bond acceptors (Lipinski definition) is 3. The molecule has 2 heterocycles. The highest BCUT2D eigenvalue weighted by atomic mass is 19.2. The monoisotopic (exact) mass is 346 g/mol. The number of carbonyl (C=O) groups excluding carboxylic acids is 1. The second kappa shape index (κ2) is 6.54. The summed E-state index contributed by atoms with van der Waals surface area (Å²) in [7, 11) is 0. The van der Waals surface area contributed by atoms with E-state index in [0.717, 1.165) is 42.8 Å². The normalized spacial score (nSPS) is 22.9. The van der Waals surface area contributed by atoms with Crippen molar-refractivity contribution in [2.75, 3.05) is 13.1 Å². The molecule has 2 atom stereocenters. The van der Waals surface area contributed by atoms with Crippen molar-refractivity contribution in [2.24, 2.45) is 11.8 Å². The maximum absolute atomic E-state index is 13.3. The third-order valence-corrected chi connectivity index (χ3v) is 5.33.